The molecular weight excluding hydrogens is 254 g/mol. The van der Waals surface area contributed by atoms with Gasteiger partial charge in [-0.05, 0) is 32.2 Å². The molecule has 0 aromatic heterocycles. The molecule has 3 saturated heterocycles. The van der Waals surface area contributed by atoms with Crippen LogP contribution in [0.2, 0.25) is 0 Å². The van der Waals surface area contributed by atoms with Crippen LogP contribution >= 0.6 is 0 Å². The minimum atomic E-state index is 0.216. The van der Waals surface area contributed by atoms with Gasteiger partial charge >= 0.3 is 0 Å². The first-order valence-electron chi connectivity index (χ1n) is 8.16. The Hall–Kier alpha value is -0.650. The molecule has 3 aliphatic heterocycles. The summed E-state index contributed by atoms with van der Waals surface area (Å²) in [4.78, 5) is 17.0. The zero-order chi connectivity index (χ0) is 13.8. The van der Waals surface area contributed by atoms with Gasteiger partial charge in [-0.15, -0.1) is 0 Å². The van der Waals surface area contributed by atoms with Crippen LogP contribution in [-0.2, 0) is 9.53 Å². The quantitative estimate of drug-likeness (QED) is 0.809. The van der Waals surface area contributed by atoms with Crippen molar-refractivity contribution >= 4 is 5.91 Å². The van der Waals surface area contributed by atoms with Gasteiger partial charge in [-0.1, -0.05) is 0 Å². The lowest BCUT2D eigenvalue weighted by atomic mass is 9.98. The summed E-state index contributed by atoms with van der Waals surface area (Å²) in [6, 6.07) is 0. The highest BCUT2D eigenvalue weighted by Crippen LogP contribution is 2.17. The number of piperazine rings is 1. The highest BCUT2D eigenvalue weighted by atomic mass is 16.5. The molecule has 3 fully saturated rings. The second-order valence-electron chi connectivity index (χ2n) is 6.30. The first-order chi connectivity index (χ1) is 9.83. The van der Waals surface area contributed by atoms with Crippen LogP contribution in [-0.4, -0.2) is 74.2 Å². The lowest BCUT2D eigenvalue weighted by molar-refractivity contribution is -0.138. The molecule has 1 amide bonds. The Morgan fingerprint density at radius 2 is 2.00 bits per heavy atom. The van der Waals surface area contributed by atoms with Crippen LogP contribution in [0.3, 0.4) is 0 Å². The van der Waals surface area contributed by atoms with E-state index in [1.807, 2.05) is 0 Å². The molecule has 1 unspecified atom stereocenters. The van der Waals surface area contributed by atoms with Gasteiger partial charge in [-0.25, -0.2) is 0 Å². The van der Waals surface area contributed by atoms with E-state index in [4.69, 9.17) is 4.74 Å². The highest BCUT2D eigenvalue weighted by molar-refractivity contribution is 5.79. The summed E-state index contributed by atoms with van der Waals surface area (Å²) in [5.41, 5.74) is 0. The zero-order valence-corrected chi connectivity index (χ0v) is 12.4. The standard InChI is InChI=1S/C15H27N3O2/c19-15(13-3-1-5-16-11-13)18-8-6-17(7-9-18)12-14-4-2-10-20-14/h13-14,16H,1-12H2/t13-,14?/m1/s1. The average Bonchev–Trinajstić information content (AvgIpc) is 3.01. The molecule has 0 radical (unpaired) electrons. The molecule has 5 nitrogen and oxygen atoms in total. The van der Waals surface area contributed by atoms with E-state index in [2.05, 4.69) is 15.1 Å². The zero-order valence-electron chi connectivity index (χ0n) is 12.4. The summed E-state index contributed by atoms with van der Waals surface area (Å²) in [6.07, 6.45) is 5.03. The van der Waals surface area contributed by atoms with Gasteiger partial charge in [0.15, 0.2) is 0 Å². The number of nitrogens with one attached hydrogen (secondary N) is 1. The van der Waals surface area contributed by atoms with E-state index in [1.54, 1.807) is 0 Å². The molecule has 3 aliphatic rings. The average molecular weight is 281 g/mol. The minimum Gasteiger partial charge on any atom is -0.377 e. The van der Waals surface area contributed by atoms with E-state index in [-0.39, 0.29) is 5.92 Å². The van der Waals surface area contributed by atoms with Crippen molar-refractivity contribution in [3.05, 3.63) is 0 Å². The Morgan fingerprint density at radius 1 is 1.15 bits per heavy atom. The normalized spacial score (nSPS) is 32.5. The lowest BCUT2D eigenvalue weighted by Crippen LogP contribution is -2.53. The molecule has 3 rings (SSSR count). The summed E-state index contributed by atoms with van der Waals surface area (Å²) >= 11 is 0. The minimum absolute atomic E-state index is 0.216. The van der Waals surface area contributed by atoms with Crippen LogP contribution in [0.15, 0.2) is 0 Å². The number of amides is 1. The van der Waals surface area contributed by atoms with Crippen LogP contribution < -0.4 is 5.32 Å². The number of carbonyl (C=O) groups excluding carboxylic acids is 1. The summed E-state index contributed by atoms with van der Waals surface area (Å²) < 4.78 is 5.69. The van der Waals surface area contributed by atoms with Crippen molar-refractivity contribution in [2.24, 2.45) is 5.92 Å². The van der Waals surface area contributed by atoms with E-state index < -0.39 is 0 Å². The Morgan fingerprint density at radius 3 is 2.65 bits per heavy atom. The topological polar surface area (TPSA) is 44.8 Å². The number of hydrogen-bond donors (Lipinski definition) is 1. The van der Waals surface area contributed by atoms with Gasteiger partial charge in [0.2, 0.25) is 5.91 Å². The maximum atomic E-state index is 12.4. The Kier molecular flexibility index (Phi) is 4.91. The van der Waals surface area contributed by atoms with Crippen molar-refractivity contribution in [3.63, 3.8) is 0 Å². The first kappa shape index (κ1) is 14.3. The van der Waals surface area contributed by atoms with Gasteiger partial charge in [0, 0.05) is 45.9 Å². The van der Waals surface area contributed by atoms with Crippen molar-refractivity contribution in [1.82, 2.24) is 15.1 Å². The smallest absolute Gasteiger partial charge is 0.227 e. The van der Waals surface area contributed by atoms with Crippen molar-refractivity contribution in [2.75, 3.05) is 52.4 Å². The fourth-order valence-corrected chi connectivity index (χ4v) is 3.55. The summed E-state index contributed by atoms with van der Waals surface area (Å²) in [7, 11) is 0. The Bertz CT molecular complexity index is 317. The molecule has 5 heteroatoms. The van der Waals surface area contributed by atoms with Gasteiger partial charge in [-0.2, -0.15) is 0 Å². The predicted molar refractivity (Wildman–Crippen MR) is 77.6 cm³/mol. The summed E-state index contributed by atoms with van der Waals surface area (Å²) in [5, 5.41) is 3.34. The molecule has 0 bridgehead atoms. The largest absolute Gasteiger partial charge is 0.377 e. The molecule has 0 aromatic rings. The fraction of sp³-hybridized carbons (Fsp3) is 0.933. The molecule has 2 atom stereocenters. The molecule has 3 heterocycles. The van der Waals surface area contributed by atoms with E-state index >= 15 is 0 Å². The van der Waals surface area contributed by atoms with Gasteiger partial charge in [0.05, 0.1) is 12.0 Å². The van der Waals surface area contributed by atoms with Crippen molar-refractivity contribution < 1.29 is 9.53 Å². The lowest BCUT2D eigenvalue weighted by Gasteiger charge is -2.37. The van der Waals surface area contributed by atoms with Crippen LogP contribution in [0.25, 0.3) is 0 Å². The van der Waals surface area contributed by atoms with Gasteiger partial charge < -0.3 is 15.0 Å². The van der Waals surface area contributed by atoms with Crippen LogP contribution in [0.4, 0.5) is 0 Å². The fourth-order valence-electron chi connectivity index (χ4n) is 3.55. The number of carbonyl (C=O) groups is 1. The maximum Gasteiger partial charge on any atom is 0.227 e. The molecule has 114 valence electrons. The molecule has 0 aliphatic carbocycles. The highest BCUT2D eigenvalue weighted by Gasteiger charge is 2.29. The number of rotatable bonds is 3. The van der Waals surface area contributed by atoms with Crippen LogP contribution in [0, 0.1) is 5.92 Å². The Balaban J connectivity index is 1.41. The predicted octanol–water partition coefficient (Wildman–Crippen LogP) is 0.309. The van der Waals surface area contributed by atoms with Gasteiger partial charge in [-0.3, -0.25) is 9.69 Å². The second kappa shape index (κ2) is 6.87. The van der Waals surface area contributed by atoms with E-state index in [0.717, 1.165) is 65.3 Å². The third-order valence-electron chi connectivity index (χ3n) is 4.82. The van der Waals surface area contributed by atoms with Gasteiger partial charge in [0.1, 0.15) is 0 Å². The molecule has 0 saturated carbocycles. The number of hydrogen-bond acceptors (Lipinski definition) is 4. The van der Waals surface area contributed by atoms with E-state index in [1.165, 1.54) is 12.8 Å². The molecule has 0 aromatic carbocycles. The SMILES string of the molecule is O=C([C@@H]1CCCNC1)N1CCN(CC2CCCO2)CC1. The van der Waals surface area contributed by atoms with Crippen LogP contribution in [0.1, 0.15) is 25.7 Å². The first-order valence-corrected chi connectivity index (χ1v) is 8.16. The second-order valence-corrected chi connectivity index (χ2v) is 6.30. The Labute approximate surface area is 121 Å². The molecule has 20 heavy (non-hydrogen) atoms. The number of ether oxygens (including phenoxy) is 1. The van der Waals surface area contributed by atoms with E-state index in [0.29, 0.717) is 12.0 Å². The summed E-state index contributed by atoms with van der Waals surface area (Å²) in [6.45, 7) is 7.71. The number of nitrogens with zero attached hydrogens (tertiary/aromatic N) is 2. The third kappa shape index (κ3) is 3.51. The van der Waals surface area contributed by atoms with Crippen molar-refractivity contribution in [2.45, 2.75) is 31.8 Å². The molecule has 0 spiro atoms. The monoisotopic (exact) mass is 281 g/mol. The maximum absolute atomic E-state index is 12.4. The molecule has 1 N–H and O–H groups in total. The summed E-state index contributed by atoms with van der Waals surface area (Å²) in [5.74, 6) is 0.586. The van der Waals surface area contributed by atoms with Crippen molar-refractivity contribution in [3.8, 4) is 0 Å². The molecular formula is C15H27N3O2. The van der Waals surface area contributed by atoms with Crippen LogP contribution in [0.5, 0.6) is 0 Å². The number of piperidine rings is 1. The van der Waals surface area contributed by atoms with Gasteiger partial charge in [0.25, 0.3) is 0 Å². The third-order valence-corrected chi connectivity index (χ3v) is 4.82. The van der Waals surface area contributed by atoms with E-state index in [9.17, 15) is 4.79 Å². The van der Waals surface area contributed by atoms with Crippen molar-refractivity contribution in [1.29, 1.82) is 0 Å².